The van der Waals surface area contributed by atoms with Crippen LogP contribution in [0.2, 0.25) is 0 Å². The Morgan fingerprint density at radius 1 is 1.39 bits per heavy atom. The Labute approximate surface area is 162 Å². The summed E-state index contributed by atoms with van der Waals surface area (Å²) in [5.74, 6) is -2.84. The number of carbonyl (C=O) groups excluding carboxylic acids is 1. The average Bonchev–Trinajstić information content (AvgIpc) is 2.63. The van der Waals surface area contributed by atoms with Crippen LogP contribution in [0, 0.1) is 17.2 Å². The topological polar surface area (TPSA) is 135 Å². The first-order valence-corrected chi connectivity index (χ1v) is 8.86. The molecule has 28 heavy (non-hydrogen) atoms. The van der Waals surface area contributed by atoms with Crippen LogP contribution in [0.3, 0.4) is 0 Å². The van der Waals surface area contributed by atoms with Crippen molar-refractivity contribution in [2.45, 2.75) is 39.2 Å². The summed E-state index contributed by atoms with van der Waals surface area (Å²) >= 11 is 0. The lowest BCUT2D eigenvalue weighted by Crippen LogP contribution is -2.57. The predicted molar refractivity (Wildman–Crippen MR) is 97.4 cm³/mol. The molecule has 1 heterocycles. The lowest BCUT2D eigenvalue weighted by Gasteiger charge is -2.43. The van der Waals surface area contributed by atoms with E-state index in [9.17, 15) is 29.3 Å². The van der Waals surface area contributed by atoms with E-state index in [4.69, 9.17) is 9.90 Å². The lowest BCUT2D eigenvalue weighted by atomic mass is 9.72. The van der Waals surface area contributed by atoms with Gasteiger partial charge in [-0.2, -0.15) is 0 Å². The number of benzene rings is 1. The first-order valence-electron chi connectivity index (χ1n) is 8.86. The molecule has 0 unspecified atom stereocenters. The van der Waals surface area contributed by atoms with Crippen LogP contribution in [0.15, 0.2) is 18.2 Å². The van der Waals surface area contributed by atoms with E-state index < -0.39 is 35.0 Å². The van der Waals surface area contributed by atoms with Crippen molar-refractivity contribution < 1.29 is 39.2 Å². The number of aliphatic hydroxyl groups is 1. The average molecular weight is 399 g/mol. The maximum atomic E-state index is 13.5. The van der Waals surface area contributed by atoms with Crippen LogP contribution in [0.1, 0.15) is 43.5 Å². The minimum Gasteiger partial charge on any atom is -0.505 e. The van der Waals surface area contributed by atoms with E-state index >= 15 is 0 Å². The van der Waals surface area contributed by atoms with Gasteiger partial charge in [0.1, 0.15) is 5.41 Å². The maximum Gasteiger partial charge on any atom is 0.314 e. The fourth-order valence-corrected chi connectivity index (χ4v) is 3.18. The van der Waals surface area contributed by atoms with Crippen LogP contribution < -0.4 is 0 Å². The Morgan fingerprint density at radius 2 is 2.00 bits per heavy atom. The van der Waals surface area contributed by atoms with Gasteiger partial charge < -0.3 is 25.3 Å². The number of carboxylic acid groups (broad SMARTS) is 2. The first-order chi connectivity index (χ1) is 13.1. The van der Waals surface area contributed by atoms with Gasteiger partial charge in [-0.1, -0.05) is 13.8 Å². The van der Waals surface area contributed by atoms with Crippen LogP contribution in [0.4, 0.5) is 4.39 Å². The molecule has 0 radical (unpaired) electrons. The van der Waals surface area contributed by atoms with Crippen molar-refractivity contribution in [3.63, 3.8) is 0 Å². The standard InChI is InChI=1S/C18H24FNO5.CH2O2/c1-11(2)5-7-18(17(24)25)10-20(8-6-15(18)22)16(23)12-3-4-14(21)13(19)9-12;2-1-3/h3-4,9,11,15,21-22H,5-8,10H2,1-2H3,(H,24,25);1H,(H,2,3)/t15-,18-;/m1./s1. The van der Waals surface area contributed by atoms with Crippen molar-refractivity contribution in [1.29, 1.82) is 0 Å². The van der Waals surface area contributed by atoms with Gasteiger partial charge in [-0.15, -0.1) is 0 Å². The van der Waals surface area contributed by atoms with Gasteiger partial charge in [0, 0.05) is 18.7 Å². The highest BCUT2D eigenvalue weighted by atomic mass is 19.1. The van der Waals surface area contributed by atoms with E-state index in [1.54, 1.807) is 0 Å². The highest BCUT2D eigenvalue weighted by Gasteiger charge is 2.49. The summed E-state index contributed by atoms with van der Waals surface area (Å²) in [5, 5.41) is 36.2. The molecule has 156 valence electrons. The molecule has 8 nitrogen and oxygen atoms in total. The molecule has 1 aromatic rings. The molecule has 0 spiro atoms. The number of amides is 1. The van der Waals surface area contributed by atoms with Crippen LogP contribution in [0.5, 0.6) is 5.75 Å². The summed E-state index contributed by atoms with van der Waals surface area (Å²) in [4.78, 5) is 34.2. The first kappa shape index (κ1) is 23.4. The second-order valence-corrected chi connectivity index (χ2v) is 7.20. The largest absolute Gasteiger partial charge is 0.505 e. The van der Waals surface area contributed by atoms with Gasteiger partial charge in [-0.05, 0) is 43.4 Å². The van der Waals surface area contributed by atoms with Gasteiger partial charge in [0.05, 0.1) is 6.10 Å². The number of likely N-dealkylation sites (tertiary alicyclic amines) is 1. The van der Waals surface area contributed by atoms with Crippen molar-refractivity contribution in [3.05, 3.63) is 29.6 Å². The Balaban J connectivity index is 0.00000122. The number of halogens is 1. The number of hydrogen-bond donors (Lipinski definition) is 4. The van der Waals surface area contributed by atoms with Gasteiger partial charge in [-0.25, -0.2) is 4.39 Å². The molecule has 1 fully saturated rings. The molecular formula is C19H26FNO7. The Kier molecular flexibility index (Phi) is 8.36. The zero-order chi connectivity index (χ0) is 21.5. The molecule has 9 heteroatoms. The predicted octanol–water partition coefficient (Wildman–Crippen LogP) is 1.95. The molecule has 0 bridgehead atoms. The van der Waals surface area contributed by atoms with E-state index in [2.05, 4.69) is 0 Å². The van der Waals surface area contributed by atoms with E-state index in [0.29, 0.717) is 6.42 Å². The summed E-state index contributed by atoms with van der Waals surface area (Å²) in [5.41, 5.74) is -1.39. The minimum absolute atomic E-state index is 0.0369. The summed E-state index contributed by atoms with van der Waals surface area (Å²) in [6.07, 6.45) is -0.0190. The number of hydrogen-bond acceptors (Lipinski definition) is 5. The summed E-state index contributed by atoms with van der Waals surface area (Å²) < 4.78 is 13.5. The fourth-order valence-electron chi connectivity index (χ4n) is 3.18. The van der Waals surface area contributed by atoms with Crippen molar-refractivity contribution in [2.24, 2.45) is 11.3 Å². The number of aliphatic hydroxyl groups excluding tert-OH is 1. The second kappa shape index (κ2) is 10.0. The molecule has 1 aliphatic rings. The van der Waals surface area contributed by atoms with Crippen LogP contribution >= 0.6 is 0 Å². The molecule has 0 aromatic heterocycles. The number of nitrogens with zero attached hydrogens (tertiary/aromatic N) is 1. The minimum atomic E-state index is -1.42. The molecule has 1 aromatic carbocycles. The third kappa shape index (κ3) is 5.41. The van der Waals surface area contributed by atoms with E-state index in [1.165, 1.54) is 11.0 Å². The Bertz CT molecular complexity index is 710. The summed E-state index contributed by atoms with van der Waals surface area (Å²) in [6.45, 7) is 3.75. The number of phenolic OH excluding ortho intramolecular Hbond substituents is 1. The van der Waals surface area contributed by atoms with Gasteiger partial charge >= 0.3 is 5.97 Å². The van der Waals surface area contributed by atoms with Crippen molar-refractivity contribution >= 4 is 18.3 Å². The molecule has 0 aliphatic carbocycles. The molecule has 2 atom stereocenters. The number of carboxylic acids is 1. The number of carbonyl (C=O) groups is 3. The molecule has 1 saturated heterocycles. The highest BCUT2D eigenvalue weighted by molar-refractivity contribution is 5.95. The molecule has 2 rings (SSSR count). The lowest BCUT2D eigenvalue weighted by molar-refractivity contribution is -0.163. The molecular weight excluding hydrogens is 373 g/mol. The maximum absolute atomic E-state index is 13.5. The monoisotopic (exact) mass is 399 g/mol. The Morgan fingerprint density at radius 3 is 2.50 bits per heavy atom. The number of phenols is 1. The fraction of sp³-hybridized carbons (Fsp3) is 0.526. The number of rotatable bonds is 5. The number of piperidine rings is 1. The third-order valence-electron chi connectivity index (χ3n) is 4.86. The van der Waals surface area contributed by atoms with Gasteiger partial charge in [-0.3, -0.25) is 14.4 Å². The highest BCUT2D eigenvalue weighted by Crippen LogP contribution is 2.37. The quantitative estimate of drug-likeness (QED) is 0.556. The Hall–Kier alpha value is -2.68. The summed E-state index contributed by atoms with van der Waals surface area (Å²) in [7, 11) is 0. The summed E-state index contributed by atoms with van der Waals surface area (Å²) in [6, 6.07) is 3.31. The number of aromatic hydroxyl groups is 1. The zero-order valence-corrected chi connectivity index (χ0v) is 15.8. The van der Waals surface area contributed by atoms with Crippen LogP contribution in [0.25, 0.3) is 0 Å². The van der Waals surface area contributed by atoms with Gasteiger partial charge in [0.15, 0.2) is 11.6 Å². The third-order valence-corrected chi connectivity index (χ3v) is 4.86. The van der Waals surface area contributed by atoms with Gasteiger partial charge in [0.2, 0.25) is 0 Å². The SMILES string of the molecule is CC(C)CC[C@@]1(C(=O)O)CN(C(=O)c2ccc(O)c(F)c2)CC[C@H]1O.O=CO. The van der Waals surface area contributed by atoms with Crippen LogP contribution in [-0.2, 0) is 9.59 Å². The van der Waals surface area contributed by atoms with E-state index in [1.807, 2.05) is 13.8 Å². The zero-order valence-electron chi connectivity index (χ0n) is 15.8. The van der Waals surface area contributed by atoms with E-state index in [0.717, 1.165) is 12.1 Å². The molecule has 1 aliphatic heterocycles. The number of aliphatic carboxylic acids is 1. The second-order valence-electron chi connectivity index (χ2n) is 7.20. The smallest absolute Gasteiger partial charge is 0.314 e. The van der Waals surface area contributed by atoms with Crippen molar-refractivity contribution in [2.75, 3.05) is 13.1 Å². The normalized spacial score (nSPS) is 21.6. The molecule has 0 saturated carbocycles. The van der Waals surface area contributed by atoms with Crippen molar-refractivity contribution in [1.82, 2.24) is 4.90 Å². The van der Waals surface area contributed by atoms with E-state index in [-0.39, 0.29) is 43.9 Å². The van der Waals surface area contributed by atoms with Crippen LogP contribution in [-0.4, -0.2) is 62.9 Å². The molecule has 4 N–H and O–H groups in total. The van der Waals surface area contributed by atoms with Crippen molar-refractivity contribution in [3.8, 4) is 5.75 Å². The van der Waals surface area contributed by atoms with Gasteiger partial charge in [0.25, 0.3) is 12.4 Å². The molecule has 1 amide bonds.